The van der Waals surface area contributed by atoms with E-state index < -0.39 is 18.2 Å². The van der Waals surface area contributed by atoms with Gasteiger partial charge in [-0.05, 0) is 67.7 Å². The molecule has 8 nitrogen and oxygen atoms in total. The highest BCUT2D eigenvalue weighted by Gasteiger charge is 2.46. The van der Waals surface area contributed by atoms with Crippen LogP contribution in [-0.2, 0) is 22.4 Å². The molecule has 3 N–H and O–H groups in total. The summed E-state index contributed by atoms with van der Waals surface area (Å²) in [6.07, 6.45) is 7.67. The first-order valence-corrected chi connectivity index (χ1v) is 15.8. The van der Waals surface area contributed by atoms with Gasteiger partial charge in [-0.15, -0.1) is 11.3 Å². The molecule has 1 fully saturated rings. The van der Waals surface area contributed by atoms with Gasteiger partial charge in [-0.3, -0.25) is 4.79 Å². The van der Waals surface area contributed by atoms with Crippen LogP contribution >= 0.6 is 11.3 Å². The summed E-state index contributed by atoms with van der Waals surface area (Å²) in [5.41, 5.74) is 4.21. The van der Waals surface area contributed by atoms with Crippen molar-refractivity contribution in [1.29, 1.82) is 0 Å². The third kappa shape index (κ3) is 7.37. The lowest BCUT2D eigenvalue weighted by molar-refractivity contribution is -0.131. The summed E-state index contributed by atoms with van der Waals surface area (Å²) in [6.45, 7) is 8.69. The summed E-state index contributed by atoms with van der Waals surface area (Å²) in [5, 5.41) is 21.1. The van der Waals surface area contributed by atoms with Crippen LogP contribution in [0, 0.1) is 5.41 Å². The molecular formula is C33H44N4O4S. The van der Waals surface area contributed by atoms with Crippen LogP contribution in [0.25, 0.3) is 10.6 Å². The highest BCUT2D eigenvalue weighted by molar-refractivity contribution is 7.13. The van der Waals surface area contributed by atoms with E-state index in [-0.39, 0.29) is 23.0 Å². The molecule has 1 unspecified atom stereocenters. The molecule has 1 amide bonds. The highest BCUT2D eigenvalue weighted by atomic mass is 32.1. The number of amides is 1. The van der Waals surface area contributed by atoms with E-state index in [0.29, 0.717) is 18.8 Å². The first-order chi connectivity index (χ1) is 20.0. The highest BCUT2D eigenvalue weighted by Crippen LogP contribution is 2.48. The van der Waals surface area contributed by atoms with E-state index in [1.807, 2.05) is 29.8 Å². The number of fused-ring (bicyclic) bond motifs is 1. The Hall–Kier alpha value is -2.85. The minimum absolute atomic E-state index is 0.00130. The summed E-state index contributed by atoms with van der Waals surface area (Å²) in [5.74, 6) is 0.446. The zero-order chi connectivity index (χ0) is 29.9. The van der Waals surface area contributed by atoms with E-state index >= 15 is 0 Å². The first-order valence-electron chi connectivity index (χ1n) is 15.0. The molecule has 2 aliphatic rings. The SMILES string of the molecule is COC(C)C(=O)N[C@@H](Cc1cccc(-c2nccs2)c1)[C@H](O)CN[C@H]1CC2(CCC2)Oc2ncc(CC(C)(C)C)cc21. The van der Waals surface area contributed by atoms with E-state index in [2.05, 4.69) is 48.5 Å². The normalized spacial score (nSPS) is 19.7. The molecule has 5 rings (SSSR count). The summed E-state index contributed by atoms with van der Waals surface area (Å²) >= 11 is 1.58. The Bertz CT molecular complexity index is 1350. The Morgan fingerprint density at radius 1 is 1.24 bits per heavy atom. The van der Waals surface area contributed by atoms with Crippen LogP contribution in [0.3, 0.4) is 0 Å². The number of methoxy groups -OCH3 is 1. The minimum atomic E-state index is -0.837. The average Bonchev–Trinajstić information content (AvgIpc) is 3.48. The molecule has 1 aromatic carbocycles. The molecule has 42 heavy (non-hydrogen) atoms. The summed E-state index contributed by atoms with van der Waals surface area (Å²) in [4.78, 5) is 22.1. The number of aromatic nitrogens is 2. The molecule has 1 aliphatic carbocycles. The molecule has 9 heteroatoms. The van der Waals surface area contributed by atoms with Crippen molar-refractivity contribution in [2.24, 2.45) is 5.41 Å². The smallest absolute Gasteiger partial charge is 0.249 e. The fourth-order valence-electron chi connectivity index (χ4n) is 5.89. The second kappa shape index (κ2) is 12.8. The number of carbonyl (C=O) groups excluding carboxylic acids is 1. The van der Waals surface area contributed by atoms with E-state index in [1.54, 1.807) is 24.5 Å². The molecule has 3 heterocycles. The summed E-state index contributed by atoms with van der Waals surface area (Å²) in [6, 6.07) is 9.82. The molecule has 0 radical (unpaired) electrons. The molecule has 0 bridgehead atoms. The van der Waals surface area contributed by atoms with Crippen LogP contribution in [0.1, 0.15) is 76.1 Å². The van der Waals surface area contributed by atoms with Gasteiger partial charge in [0.1, 0.15) is 16.7 Å². The van der Waals surface area contributed by atoms with Crippen molar-refractivity contribution < 1.29 is 19.4 Å². The number of hydrogen-bond donors (Lipinski definition) is 3. The molecule has 226 valence electrons. The van der Waals surface area contributed by atoms with Gasteiger partial charge in [0.25, 0.3) is 0 Å². The molecule has 1 aliphatic heterocycles. The van der Waals surface area contributed by atoms with Gasteiger partial charge in [-0.1, -0.05) is 39.0 Å². The average molecular weight is 593 g/mol. The maximum Gasteiger partial charge on any atom is 0.249 e. The standard InChI is InChI=1S/C33H44N4O4S/c1-21(40-5)29(39)37-26(16-22-8-6-9-24(14-22)31-34-12-13-42-31)28(38)20-35-27-18-33(10-7-11-33)41-30-25(27)15-23(19-36-30)17-32(2,3)4/h6,8-9,12-15,19,21,26-28,35,38H,7,10-11,16-18,20H2,1-5H3,(H,37,39)/t21?,26-,27-,28+/m0/s1. The van der Waals surface area contributed by atoms with Crippen LogP contribution in [-0.4, -0.2) is 58.5 Å². The van der Waals surface area contributed by atoms with E-state index in [4.69, 9.17) is 14.5 Å². The van der Waals surface area contributed by atoms with Crippen LogP contribution in [0.5, 0.6) is 5.88 Å². The zero-order valence-corrected chi connectivity index (χ0v) is 26.2. The van der Waals surface area contributed by atoms with Crippen molar-refractivity contribution in [1.82, 2.24) is 20.6 Å². The van der Waals surface area contributed by atoms with Gasteiger partial charge in [-0.25, -0.2) is 9.97 Å². The quantitative estimate of drug-likeness (QED) is 0.279. The maximum absolute atomic E-state index is 12.9. The lowest BCUT2D eigenvalue weighted by atomic mass is 9.73. The number of hydrogen-bond acceptors (Lipinski definition) is 8. The second-order valence-electron chi connectivity index (χ2n) is 13.1. The lowest BCUT2D eigenvalue weighted by Crippen LogP contribution is -2.53. The number of thiazole rings is 1. The Balaban J connectivity index is 1.34. The van der Waals surface area contributed by atoms with E-state index in [9.17, 15) is 9.90 Å². The second-order valence-corrected chi connectivity index (χ2v) is 14.0. The van der Waals surface area contributed by atoms with Crippen molar-refractivity contribution in [2.45, 2.75) is 96.1 Å². The molecule has 2 aromatic heterocycles. The molecule has 1 saturated carbocycles. The van der Waals surface area contributed by atoms with Crippen molar-refractivity contribution in [3.05, 3.63) is 64.8 Å². The summed E-state index contributed by atoms with van der Waals surface area (Å²) < 4.78 is 11.7. The fourth-order valence-corrected chi connectivity index (χ4v) is 6.53. The number of aliphatic hydroxyl groups excluding tert-OH is 1. The number of carbonyl (C=O) groups is 1. The number of nitrogens with zero attached hydrogens (tertiary/aromatic N) is 2. The Labute approximate surface area is 253 Å². The van der Waals surface area contributed by atoms with Gasteiger partial charge in [0.2, 0.25) is 11.8 Å². The Morgan fingerprint density at radius 3 is 2.71 bits per heavy atom. The lowest BCUT2D eigenvalue weighted by Gasteiger charge is -2.47. The number of benzene rings is 1. The van der Waals surface area contributed by atoms with Crippen molar-refractivity contribution in [3.63, 3.8) is 0 Å². The summed E-state index contributed by atoms with van der Waals surface area (Å²) in [7, 11) is 1.51. The first kappa shape index (κ1) is 30.6. The Morgan fingerprint density at radius 2 is 2.05 bits per heavy atom. The van der Waals surface area contributed by atoms with E-state index in [1.165, 1.54) is 12.7 Å². The largest absolute Gasteiger partial charge is 0.471 e. The fraction of sp³-hybridized carbons (Fsp3) is 0.545. The minimum Gasteiger partial charge on any atom is -0.471 e. The van der Waals surface area contributed by atoms with Gasteiger partial charge in [-0.2, -0.15) is 0 Å². The van der Waals surface area contributed by atoms with Crippen molar-refractivity contribution in [2.75, 3.05) is 13.7 Å². The number of nitrogens with one attached hydrogen (secondary N) is 2. The van der Waals surface area contributed by atoms with Crippen molar-refractivity contribution >= 4 is 17.2 Å². The van der Waals surface area contributed by atoms with Crippen LogP contribution in [0.2, 0.25) is 0 Å². The van der Waals surface area contributed by atoms with Gasteiger partial charge >= 0.3 is 0 Å². The number of rotatable bonds is 11. The Kier molecular flexibility index (Phi) is 9.32. The molecule has 3 aromatic rings. The predicted molar refractivity (Wildman–Crippen MR) is 166 cm³/mol. The third-order valence-electron chi connectivity index (χ3n) is 8.35. The predicted octanol–water partition coefficient (Wildman–Crippen LogP) is 5.25. The molecular weight excluding hydrogens is 548 g/mol. The van der Waals surface area contributed by atoms with Crippen molar-refractivity contribution in [3.8, 4) is 16.5 Å². The number of pyridine rings is 1. The molecule has 1 spiro atoms. The number of aliphatic hydroxyl groups is 1. The van der Waals surface area contributed by atoms with E-state index in [0.717, 1.165) is 53.8 Å². The van der Waals surface area contributed by atoms with Crippen LogP contribution in [0.15, 0.2) is 48.1 Å². The third-order valence-corrected chi connectivity index (χ3v) is 9.17. The topological polar surface area (TPSA) is 106 Å². The zero-order valence-electron chi connectivity index (χ0n) is 25.4. The van der Waals surface area contributed by atoms with Crippen LogP contribution < -0.4 is 15.4 Å². The molecule has 4 atom stereocenters. The van der Waals surface area contributed by atoms with Gasteiger partial charge in [0.15, 0.2) is 0 Å². The number of ether oxygens (including phenoxy) is 2. The van der Waals surface area contributed by atoms with Crippen LogP contribution in [0.4, 0.5) is 0 Å². The molecule has 0 saturated heterocycles. The van der Waals surface area contributed by atoms with Gasteiger partial charge in [0.05, 0.1) is 12.1 Å². The van der Waals surface area contributed by atoms with Gasteiger partial charge in [0, 0.05) is 55.0 Å². The van der Waals surface area contributed by atoms with Gasteiger partial charge < -0.3 is 25.2 Å². The monoisotopic (exact) mass is 592 g/mol. The maximum atomic E-state index is 12.9.